The first-order valence-electron chi connectivity index (χ1n) is 11.6. The zero-order chi connectivity index (χ0) is 24.9. The number of rotatable bonds is 7. The highest BCUT2D eigenvalue weighted by atomic mass is 32.1. The molecule has 0 radical (unpaired) electrons. The van der Waals surface area contributed by atoms with E-state index < -0.39 is 6.04 Å². The molecule has 2 amide bonds. The van der Waals surface area contributed by atoms with E-state index in [0.717, 1.165) is 39.9 Å². The predicted molar refractivity (Wildman–Crippen MR) is 133 cm³/mol. The van der Waals surface area contributed by atoms with Crippen LogP contribution in [0.2, 0.25) is 0 Å². The molecule has 3 heterocycles. The van der Waals surface area contributed by atoms with E-state index in [4.69, 9.17) is 4.98 Å². The molecule has 35 heavy (non-hydrogen) atoms. The summed E-state index contributed by atoms with van der Waals surface area (Å²) in [4.78, 5) is 41.6. The Labute approximate surface area is 208 Å². The molecule has 1 fully saturated rings. The maximum Gasteiger partial charge on any atom is 0.245 e. The smallest absolute Gasteiger partial charge is 0.245 e. The second kappa shape index (κ2) is 10.9. The summed E-state index contributed by atoms with van der Waals surface area (Å²) in [5.41, 5.74) is 1.66. The second-order valence-electron chi connectivity index (χ2n) is 8.84. The lowest BCUT2D eigenvalue weighted by atomic mass is 9.94. The van der Waals surface area contributed by atoms with E-state index in [0.29, 0.717) is 25.3 Å². The maximum atomic E-state index is 13.3. The Balaban J connectivity index is 1.40. The molecule has 2 N–H and O–H groups in total. The number of aryl methyl sites for hydroxylation is 2. The standard InChI is InChI=1S/C25H29FN6O2S/c1-15-12-22(31-25-27-14-16(2)35-25)30-23(28-15)19-8-10-32(11-9-19)24(34)21(29-17(3)33)13-18-4-6-20(26)7-5-18/h4-7,12,14,19,21H,8-11,13H2,1-3H3,(H,29,33)(H,27,28,30,31). The molecule has 0 bridgehead atoms. The van der Waals surface area contributed by atoms with Crippen molar-refractivity contribution >= 4 is 34.1 Å². The summed E-state index contributed by atoms with van der Waals surface area (Å²) in [6, 6.07) is 7.19. The lowest BCUT2D eigenvalue weighted by molar-refractivity contribution is -0.137. The van der Waals surface area contributed by atoms with Crippen molar-refractivity contribution in [3.63, 3.8) is 0 Å². The number of piperidine rings is 1. The van der Waals surface area contributed by atoms with Crippen molar-refractivity contribution in [3.8, 4) is 0 Å². The molecule has 3 aromatic rings. The van der Waals surface area contributed by atoms with Crippen LogP contribution >= 0.6 is 11.3 Å². The number of hydrogen-bond donors (Lipinski definition) is 2. The lowest BCUT2D eigenvalue weighted by Gasteiger charge is -2.34. The molecular formula is C25H29FN6O2S. The van der Waals surface area contributed by atoms with Gasteiger partial charge in [0, 0.05) is 55.2 Å². The topological polar surface area (TPSA) is 100 Å². The van der Waals surface area contributed by atoms with Gasteiger partial charge < -0.3 is 15.5 Å². The summed E-state index contributed by atoms with van der Waals surface area (Å²) in [5.74, 6) is 0.868. The summed E-state index contributed by atoms with van der Waals surface area (Å²) in [6.07, 6.45) is 3.59. The van der Waals surface area contributed by atoms with Gasteiger partial charge in [0.15, 0.2) is 5.13 Å². The van der Waals surface area contributed by atoms with Gasteiger partial charge in [0.05, 0.1) is 0 Å². The molecule has 0 saturated carbocycles. The highest BCUT2D eigenvalue weighted by Crippen LogP contribution is 2.28. The number of nitrogens with one attached hydrogen (secondary N) is 2. The first-order valence-corrected chi connectivity index (χ1v) is 12.4. The third-order valence-corrected chi connectivity index (χ3v) is 6.76. The number of aromatic nitrogens is 3. The van der Waals surface area contributed by atoms with E-state index in [9.17, 15) is 14.0 Å². The zero-order valence-electron chi connectivity index (χ0n) is 20.0. The van der Waals surface area contributed by atoms with Gasteiger partial charge in [-0.15, -0.1) is 11.3 Å². The molecule has 0 aliphatic carbocycles. The number of anilines is 2. The van der Waals surface area contributed by atoms with E-state index in [1.807, 2.05) is 26.1 Å². The first-order chi connectivity index (χ1) is 16.8. The largest absolute Gasteiger partial charge is 0.344 e. The van der Waals surface area contributed by atoms with Crippen molar-refractivity contribution in [3.05, 3.63) is 64.3 Å². The van der Waals surface area contributed by atoms with Gasteiger partial charge in [-0.1, -0.05) is 12.1 Å². The first kappa shape index (κ1) is 24.7. The minimum Gasteiger partial charge on any atom is -0.344 e. The molecule has 1 aliphatic rings. The molecule has 1 aromatic carbocycles. The van der Waals surface area contributed by atoms with Gasteiger partial charge in [-0.2, -0.15) is 0 Å². The quantitative estimate of drug-likeness (QED) is 0.515. The van der Waals surface area contributed by atoms with Gasteiger partial charge in [-0.05, 0) is 44.4 Å². The molecule has 1 atom stereocenters. The van der Waals surface area contributed by atoms with E-state index in [1.165, 1.54) is 19.1 Å². The number of hydrogen-bond acceptors (Lipinski definition) is 7. The molecule has 8 nitrogen and oxygen atoms in total. The Bertz CT molecular complexity index is 1190. The van der Waals surface area contributed by atoms with Crippen LogP contribution < -0.4 is 10.6 Å². The van der Waals surface area contributed by atoms with Gasteiger partial charge in [-0.25, -0.2) is 19.3 Å². The molecule has 1 unspecified atom stereocenters. The van der Waals surface area contributed by atoms with Crippen LogP contribution in [0.3, 0.4) is 0 Å². The number of amides is 2. The van der Waals surface area contributed by atoms with Crippen LogP contribution in [0.15, 0.2) is 36.5 Å². The number of carbonyl (C=O) groups is 2. The highest BCUT2D eigenvalue weighted by molar-refractivity contribution is 7.15. The van der Waals surface area contributed by atoms with Crippen LogP contribution in [0.4, 0.5) is 15.3 Å². The van der Waals surface area contributed by atoms with Crippen LogP contribution in [0.1, 0.15) is 47.6 Å². The third-order valence-electron chi connectivity index (χ3n) is 5.93. The van der Waals surface area contributed by atoms with E-state index in [-0.39, 0.29) is 23.5 Å². The number of benzene rings is 1. The normalized spacial score (nSPS) is 15.0. The molecule has 1 aliphatic heterocycles. The molecular weight excluding hydrogens is 467 g/mol. The van der Waals surface area contributed by atoms with Gasteiger partial charge >= 0.3 is 0 Å². The third kappa shape index (κ3) is 6.60. The van der Waals surface area contributed by atoms with Gasteiger partial charge in [0.2, 0.25) is 11.8 Å². The van der Waals surface area contributed by atoms with Crippen LogP contribution in [-0.4, -0.2) is 50.8 Å². The molecule has 2 aromatic heterocycles. The van der Waals surface area contributed by atoms with Crippen molar-refractivity contribution in [1.29, 1.82) is 0 Å². The van der Waals surface area contributed by atoms with Crippen LogP contribution in [0.5, 0.6) is 0 Å². The lowest BCUT2D eigenvalue weighted by Crippen LogP contribution is -2.51. The zero-order valence-corrected chi connectivity index (χ0v) is 20.9. The number of nitrogens with zero attached hydrogens (tertiary/aromatic N) is 4. The minimum atomic E-state index is -0.692. The molecule has 10 heteroatoms. The van der Waals surface area contributed by atoms with E-state index in [2.05, 4.69) is 20.6 Å². The summed E-state index contributed by atoms with van der Waals surface area (Å²) in [7, 11) is 0. The number of halogens is 1. The number of carbonyl (C=O) groups excluding carboxylic acids is 2. The average molecular weight is 497 g/mol. The SMILES string of the molecule is CC(=O)NC(Cc1ccc(F)cc1)C(=O)N1CCC(c2nc(C)cc(Nc3ncc(C)s3)n2)CC1. The van der Waals surface area contributed by atoms with Crippen molar-refractivity contribution in [2.24, 2.45) is 0 Å². The Morgan fingerprint density at radius 2 is 1.89 bits per heavy atom. The maximum absolute atomic E-state index is 13.3. The van der Waals surface area contributed by atoms with Crippen molar-refractivity contribution in [2.45, 2.75) is 52.0 Å². The van der Waals surface area contributed by atoms with Crippen molar-refractivity contribution in [2.75, 3.05) is 18.4 Å². The van der Waals surface area contributed by atoms with Crippen molar-refractivity contribution < 1.29 is 14.0 Å². The van der Waals surface area contributed by atoms with Gasteiger partial charge in [-0.3, -0.25) is 9.59 Å². The Morgan fingerprint density at radius 1 is 1.17 bits per heavy atom. The van der Waals surface area contributed by atoms with Crippen LogP contribution in [0.25, 0.3) is 0 Å². The number of likely N-dealkylation sites (tertiary alicyclic amines) is 1. The Kier molecular flexibility index (Phi) is 7.70. The monoisotopic (exact) mass is 496 g/mol. The summed E-state index contributed by atoms with van der Waals surface area (Å²) >= 11 is 1.57. The molecule has 0 spiro atoms. The summed E-state index contributed by atoms with van der Waals surface area (Å²) < 4.78 is 13.3. The Hall–Kier alpha value is -3.40. The number of thiazole rings is 1. The van der Waals surface area contributed by atoms with E-state index >= 15 is 0 Å². The van der Waals surface area contributed by atoms with Crippen LogP contribution in [-0.2, 0) is 16.0 Å². The molecule has 1 saturated heterocycles. The predicted octanol–water partition coefficient (Wildman–Crippen LogP) is 3.89. The van der Waals surface area contributed by atoms with Gasteiger partial charge in [0.1, 0.15) is 23.5 Å². The fourth-order valence-electron chi connectivity index (χ4n) is 4.24. The average Bonchev–Trinajstić information content (AvgIpc) is 3.23. The van der Waals surface area contributed by atoms with E-state index in [1.54, 1.807) is 28.4 Å². The van der Waals surface area contributed by atoms with Gasteiger partial charge in [0.25, 0.3) is 0 Å². The molecule has 184 valence electrons. The van der Waals surface area contributed by atoms with Crippen LogP contribution in [0, 0.1) is 19.7 Å². The fraction of sp³-hybridized carbons (Fsp3) is 0.400. The Morgan fingerprint density at radius 3 is 2.51 bits per heavy atom. The molecule has 4 rings (SSSR count). The van der Waals surface area contributed by atoms with Crippen molar-refractivity contribution in [1.82, 2.24) is 25.2 Å². The highest BCUT2D eigenvalue weighted by Gasteiger charge is 2.30. The second-order valence-corrected chi connectivity index (χ2v) is 10.1. The fourth-order valence-corrected chi connectivity index (χ4v) is 4.91. The minimum absolute atomic E-state index is 0.130. The summed E-state index contributed by atoms with van der Waals surface area (Å²) in [5, 5.41) is 6.81. The summed E-state index contributed by atoms with van der Waals surface area (Å²) in [6.45, 7) is 6.44.